The first-order valence-electron chi connectivity index (χ1n) is 2.89. The van der Waals surface area contributed by atoms with Crippen LogP contribution in [0.2, 0.25) is 0 Å². The lowest BCUT2D eigenvalue weighted by Crippen LogP contribution is -1.81. The average Bonchev–Trinajstić information content (AvgIpc) is 2.34. The van der Waals surface area contributed by atoms with E-state index in [9.17, 15) is 0 Å². The topological polar surface area (TPSA) is 22.1 Å². The summed E-state index contributed by atoms with van der Waals surface area (Å²) in [6.45, 7) is 5.69. The number of nitrogens with zero attached hydrogens (tertiary/aromatic N) is 1. The van der Waals surface area contributed by atoms with Gasteiger partial charge >= 0.3 is 0 Å². The van der Waals surface area contributed by atoms with E-state index in [1.54, 1.807) is 7.11 Å². The van der Waals surface area contributed by atoms with Crippen LogP contribution in [0.4, 0.5) is 0 Å². The van der Waals surface area contributed by atoms with E-state index >= 15 is 0 Å². The van der Waals surface area contributed by atoms with Gasteiger partial charge in [0.2, 0.25) is 0 Å². The molecule has 0 saturated heterocycles. The summed E-state index contributed by atoms with van der Waals surface area (Å²) in [5.41, 5.74) is 1.89. The number of allylic oxidation sites excluding steroid dienone is 1. The van der Waals surface area contributed by atoms with Crippen molar-refractivity contribution in [2.45, 2.75) is 6.92 Å². The standard InChI is InChI=1S/C7H9NOS/c1-5(2)6-4-10-7(8-6)9-3/h4H,1H2,2-3H3. The van der Waals surface area contributed by atoms with Gasteiger partial charge in [0.25, 0.3) is 5.19 Å². The van der Waals surface area contributed by atoms with Gasteiger partial charge in [-0.2, -0.15) is 0 Å². The van der Waals surface area contributed by atoms with E-state index in [1.165, 1.54) is 11.3 Å². The predicted molar refractivity (Wildman–Crippen MR) is 43.4 cm³/mol. The number of ether oxygens (including phenoxy) is 1. The second kappa shape index (κ2) is 2.84. The summed E-state index contributed by atoms with van der Waals surface area (Å²) >= 11 is 1.48. The fraction of sp³-hybridized carbons (Fsp3) is 0.286. The molecule has 0 bridgehead atoms. The fourth-order valence-electron chi connectivity index (χ4n) is 0.547. The van der Waals surface area contributed by atoms with Gasteiger partial charge in [-0.05, 0) is 12.5 Å². The van der Waals surface area contributed by atoms with Gasteiger partial charge in [0.1, 0.15) is 0 Å². The van der Waals surface area contributed by atoms with Crippen LogP contribution in [0, 0.1) is 0 Å². The maximum atomic E-state index is 4.91. The fourth-order valence-corrected chi connectivity index (χ4v) is 1.26. The number of hydrogen-bond acceptors (Lipinski definition) is 3. The van der Waals surface area contributed by atoms with Gasteiger partial charge in [-0.15, -0.1) is 0 Å². The second-order valence-electron chi connectivity index (χ2n) is 1.98. The molecule has 0 aromatic carbocycles. The Labute approximate surface area is 64.2 Å². The lowest BCUT2D eigenvalue weighted by molar-refractivity contribution is 0.411. The summed E-state index contributed by atoms with van der Waals surface area (Å²) in [5, 5.41) is 2.62. The van der Waals surface area contributed by atoms with Crippen molar-refractivity contribution in [3.63, 3.8) is 0 Å². The maximum Gasteiger partial charge on any atom is 0.273 e. The molecule has 0 spiro atoms. The molecule has 0 saturated carbocycles. The summed E-state index contributed by atoms with van der Waals surface area (Å²) in [4.78, 5) is 4.12. The van der Waals surface area contributed by atoms with Crippen molar-refractivity contribution < 1.29 is 4.74 Å². The van der Waals surface area contributed by atoms with E-state index in [4.69, 9.17) is 4.74 Å². The highest BCUT2D eigenvalue weighted by atomic mass is 32.1. The monoisotopic (exact) mass is 155 g/mol. The van der Waals surface area contributed by atoms with Crippen molar-refractivity contribution in [2.24, 2.45) is 0 Å². The summed E-state index contributed by atoms with van der Waals surface area (Å²) < 4.78 is 4.91. The lowest BCUT2D eigenvalue weighted by atomic mass is 10.3. The van der Waals surface area contributed by atoms with Gasteiger partial charge < -0.3 is 4.74 Å². The van der Waals surface area contributed by atoms with Gasteiger partial charge in [-0.25, -0.2) is 4.98 Å². The Hall–Kier alpha value is -0.830. The number of aromatic nitrogens is 1. The molecular formula is C7H9NOS. The first-order chi connectivity index (χ1) is 4.74. The Morgan fingerprint density at radius 1 is 1.80 bits per heavy atom. The Balaban J connectivity index is 2.88. The quantitative estimate of drug-likeness (QED) is 0.653. The van der Waals surface area contributed by atoms with Crippen molar-refractivity contribution in [3.05, 3.63) is 17.7 Å². The van der Waals surface area contributed by atoms with Gasteiger partial charge in [0.05, 0.1) is 12.8 Å². The molecule has 54 valence electrons. The Bertz CT molecular complexity index is 242. The zero-order chi connectivity index (χ0) is 7.56. The molecule has 3 heteroatoms. The Morgan fingerprint density at radius 2 is 2.50 bits per heavy atom. The summed E-state index contributed by atoms with van der Waals surface area (Å²) in [6.07, 6.45) is 0. The zero-order valence-corrected chi connectivity index (χ0v) is 6.86. The predicted octanol–water partition coefficient (Wildman–Crippen LogP) is 2.18. The molecule has 0 aliphatic rings. The highest BCUT2D eigenvalue weighted by molar-refractivity contribution is 7.11. The van der Waals surface area contributed by atoms with Crippen molar-refractivity contribution in [1.82, 2.24) is 4.98 Å². The van der Waals surface area contributed by atoms with Crippen molar-refractivity contribution >= 4 is 16.9 Å². The van der Waals surface area contributed by atoms with Crippen LogP contribution in [0.1, 0.15) is 12.6 Å². The van der Waals surface area contributed by atoms with Crippen molar-refractivity contribution in [3.8, 4) is 5.19 Å². The first-order valence-corrected chi connectivity index (χ1v) is 3.77. The molecule has 0 unspecified atom stereocenters. The van der Waals surface area contributed by atoms with Gasteiger partial charge in [-0.1, -0.05) is 17.9 Å². The van der Waals surface area contributed by atoms with Crippen molar-refractivity contribution in [2.75, 3.05) is 7.11 Å². The maximum absolute atomic E-state index is 4.91. The smallest absolute Gasteiger partial charge is 0.273 e. The average molecular weight is 155 g/mol. The third kappa shape index (κ3) is 1.36. The molecule has 1 heterocycles. The van der Waals surface area contributed by atoms with Crippen molar-refractivity contribution in [1.29, 1.82) is 0 Å². The van der Waals surface area contributed by atoms with E-state index in [-0.39, 0.29) is 0 Å². The van der Waals surface area contributed by atoms with Crippen LogP contribution in [0.3, 0.4) is 0 Å². The lowest BCUT2D eigenvalue weighted by Gasteiger charge is -1.89. The molecule has 0 atom stereocenters. The molecule has 0 fully saturated rings. The number of thiazole rings is 1. The van der Waals surface area contributed by atoms with Crippen LogP contribution in [-0.4, -0.2) is 12.1 Å². The SMILES string of the molecule is C=C(C)c1csc(OC)n1. The molecule has 10 heavy (non-hydrogen) atoms. The van der Waals surface area contributed by atoms with E-state index in [1.807, 2.05) is 12.3 Å². The minimum Gasteiger partial charge on any atom is -0.473 e. The molecule has 2 nitrogen and oxygen atoms in total. The first kappa shape index (κ1) is 7.28. The molecule has 0 N–H and O–H groups in total. The van der Waals surface area contributed by atoms with Crippen LogP contribution < -0.4 is 4.74 Å². The minimum atomic E-state index is 0.693. The minimum absolute atomic E-state index is 0.693. The zero-order valence-electron chi connectivity index (χ0n) is 6.05. The van der Waals surface area contributed by atoms with E-state index < -0.39 is 0 Å². The van der Waals surface area contributed by atoms with E-state index in [0.29, 0.717) is 5.19 Å². The number of methoxy groups -OCH3 is 1. The van der Waals surface area contributed by atoms with Crippen LogP contribution in [0.15, 0.2) is 12.0 Å². The largest absolute Gasteiger partial charge is 0.473 e. The summed E-state index contributed by atoms with van der Waals surface area (Å²) in [6, 6.07) is 0. The summed E-state index contributed by atoms with van der Waals surface area (Å²) in [5.74, 6) is 0. The highest BCUT2D eigenvalue weighted by Crippen LogP contribution is 2.21. The third-order valence-electron chi connectivity index (χ3n) is 1.09. The Morgan fingerprint density at radius 3 is 2.80 bits per heavy atom. The molecule has 0 aliphatic carbocycles. The van der Waals surface area contributed by atoms with Gasteiger partial charge in [0.15, 0.2) is 0 Å². The highest BCUT2D eigenvalue weighted by Gasteiger charge is 1.99. The third-order valence-corrected chi connectivity index (χ3v) is 1.90. The Kier molecular flexibility index (Phi) is 2.06. The van der Waals surface area contributed by atoms with E-state index in [0.717, 1.165) is 11.3 Å². The second-order valence-corrected chi connectivity index (χ2v) is 2.80. The molecule has 1 aromatic heterocycles. The summed E-state index contributed by atoms with van der Waals surface area (Å²) in [7, 11) is 1.61. The normalized spacial score (nSPS) is 9.40. The van der Waals surface area contributed by atoms with Crippen LogP contribution in [0.5, 0.6) is 5.19 Å². The molecule has 0 amide bonds. The van der Waals surface area contributed by atoms with Gasteiger partial charge in [0, 0.05) is 5.38 Å². The van der Waals surface area contributed by atoms with E-state index in [2.05, 4.69) is 11.6 Å². The molecule has 0 radical (unpaired) electrons. The van der Waals surface area contributed by atoms with Gasteiger partial charge in [-0.3, -0.25) is 0 Å². The number of rotatable bonds is 2. The molecular weight excluding hydrogens is 146 g/mol. The van der Waals surface area contributed by atoms with Crippen LogP contribution in [-0.2, 0) is 0 Å². The van der Waals surface area contributed by atoms with Crippen LogP contribution >= 0.6 is 11.3 Å². The molecule has 1 aromatic rings. The van der Waals surface area contributed by atoms with Crippen LogP contribution in [0.25, 0.3) is 5.57 Å². The number of hydrogen-bond donors (Lipinski definition) is 0. The molecule has 0 aliphatic heterocycles. The molecule has 1 rings (SSSR count).